The van der Waals surface area contributed by atoms with E-state index in [0.29, 0.717) is 28.7 Å². The smallest absolute Gasteiger partial charge is 0.0637 e. The molecule has 1 heterocycles. The molecule has 114 valence electrons. The predicted octanol–water partition coefficient (Wildman–Crippen LogP) is 3.35. The van der Waals surface area contributed by atoms with E-state index in [1.807, 2.05) is 18.2 Å². The van der Waals surface area contributed by atoms with E-state index in [0.717, 1.165) is 31.5 Å². The van der Waals surface area contributed by atoms with Crippen LogP contribution in [0.1, 0.15) is 18.4 Å². The molecule has 0 radical (unpaired) electrons. The zero-order valence-corrected chi connectivity index (χ0v) is 13.8. The minimum atomic E-state index is 0. The maximum Gasteiger partial charge on any atom is 0.0637 e. The van der Waals surface area contributed by atoms with Gasteiger partial charge >= 0.3 is 0 Å². The van der Waals surface area contributed by atoms with Crippen molar-refractivity contribution < 1.29 is 4.74 Å². The van der Waals surface area contributed by atoms with Gasteiger partial charge in [0.15, 0.2) is 0 Å². The lowest BCUT2D eigenvalue weighted by Crippen LogP contribution is -2.48. The van der Waals surface area contributed by atoms with Gasteiger partial charge in [-0.2, -0.15) is 0 Å². The second-order valence-corrected chi connectivity index (χ2v) is 5.74. The Labute approximate surface area is 136 Å². The number of hydrogen-bond acceptors (Lipinski definition) is 3. The summed E-state index contributed by atoms with van der Waals surface area (Å²) < 4.78 is 5.44. The Morgan fingerprint density at radius 2 is 2.15 bits per heavy atom. The number of piperidine rings is 1. The molecule has 6 heteroatoms. The van der Waals surface area contributed by atoms with Crippen molar-refractivity contribution in [3.63, 3.8) is 0 Å². The molecule has 0 bridgehead atoms. The summed E-state index contributed by atoms with van der Waals surface area (Å²) in [6, 6.07) is 6.10. The van der Waals surface area contributed by atoms with Crippen LogP contribution in [0.15, 0.2) is 18.2 Å². The molecule has 1 aromatic rings. The summed E-state index contributed by atoms with van der Waals surface area (Å²) in [5.41, 5.74) is 6.93. The first-order valence-corrected chi connectivity index (χ1v) is 7.31. The van der Waals surface area contributed by atoms with Gasteiger partial charge in [0.2, 0.25) is 0 Å². The Morgan fingerprint density at radius 3 is 2.80 bits per heavy atom. The van der Waals surface area contributed by atoms with Crippen molar-refractivity contribution in [2.24, 2.45) is 5.73 Å². The van der Waals surface area contributed by atoms with Crippen LogP contribution in [-0.2, 0) is 11.3 Å². The summed E-state index contributed by atoms with van der Waals surface area (Å²) in [6.07, 6.45) is 2.33. The molecule has 20 heavy (non-hydrogen) atoms. The predicted molar refractivity (Wildman–Crippen MR) is 87.0 cm³/mol. The molecule has 1 aliphatic rings. The third-order valence-electron chi connectivity index (χ3n) is 3.80. The number of likely N-dealkylation sites (tertiary alicyclic amines) is 1. The number of benzene rings is 1. The van der Waals surface area contributed by atoms with Gasteiger partial charge in [-0.3, -0.25) is 4.90 Å². The minimum Gasteiger partial charge on any atom is -0.381 e. The molecule has 2 rings (SSSR count). The first kappa shape index (κ1) is 18.0. The van der Waals surface area contributed by atoms with Crippen molar-refractivity contribution in [2.45, 2.75) is 31.5 Å². The Balaban J connectivity index is 0.00000200. The van der Waals surface area contributed by atoms with Crippen LogP contribution in [0.3, 0.4) is 0 Å². The Hall–Kier alpha value is -0.0300. The monoisotopic (exact) mass is 338 g/mol. The second kappa shape index (κ2) is 8.42. The molecule has 1 aromatic carbocycles. The molecular formula is C14H21Cl3N2O. The van der Waals surface area contributed by atoms with Gasteiger partial charge in [0.1, 0.15) is 0 Å². The summed E-state index contributed by atoms with van der Waals surface area (Å²) in [5.74, 6) is 0. The van der Waals surface area contributed by atoms with E-state index in [2.05, 4.69) is 4.90 Å². The van der Waals surface area contributed by atoms with Crippen LogP contribution in [-0.4, -0.2) is 37.2 Å². The lowest BCUT2D eigenvalue weighted by molar-refractivity contribution is 0.0102. The third-order valence-corrected chi connectivity index (χ3v) is 4.66. The fraction of sp³-hybridized carbons (Fsp3) is 0.571. The summed E-state index contributed by atoms with van der Waals surface area (Å²) in [5, 5.41) is 1.25. The van der Waals surface area contributed by atoms with E-state index in [1.165, 1.54) is 0 Å². The largest absolute Gasteiger partial charge is 0.381 e. The topological polar surface area (TPSA) is 38.5 Å². The number of nitrogens with two attached hydrogens (primary N) is 1. The van der Waals surface area contributed by atoms with Gasteiger partial charge in [-0.15, -0.1) is 12.4 Å². The molecular weight excluding hydrogens is 319 g/mol. The standard InChI is InChI=1S/C14H20Cl2N2O.ClH/c1-19-12-5-6-18(11(7-12)8-17)9-10-3-2-4-13(15)14(10)16;/h2-4,11-12H,5-9,17H2,1H3;1H. The highest BCUT2D eigenvalue weighted by atomic mass is 35.5. The highest BCUT2D eigenvalue weighted by molar-refractivity contribution is 6.42. The van der Waals surface area contributed by atoms with E-state index in [1.54, 1.807) is 7.11 Å². The lowest BCUT2D eigenvalue weighted by Gasteiger charge is -2.38. The first-order chi connectivity index (χ1) is 9.15. The van der Waals surface area contributed by atoms with Crippen LogP contribution in [0.5, 0.6) is 0 Å². The van der Waals surface area contributed by atoms with Gasteiger partial charge in [-0.25, -0.2) is 0 Å². The highest BCUT2D eigenvalue weighted by Crippen LogP contribution is 2.28. The van der Waals surface area contributed by atoms with Crippen molar-refractivity contribution in [3.8, 4) is 0 Å². The molecule has 2 unspecified atom stereocenters. The van der Waals surface area contributed by atoms with Crippen molar-refractivity contribution in [1.82, 2.24) is 4.90 Å². The Kier molecular flexibility index (Phi) is 7.59. The Morgan fingerprint density at radius 1 is 1.40 bits per heavy atom. The molecule has 1 saturated heterocycles. The van der Waals surface area contributed by atoms with E-state index < -0.39 is 0 Å². The van der Waals surface area contributed by atoms with Crippen molar-refractivity contribution >= 4 is 35.6 Å². The van der Waals surface area contributed by atoms with Crippen LogP contribution in [0, 0.1) is 0 Å². The molecule has 0 saturated carbocycles. The lowest BCUT2D eigenvalue weighted by atomic mass is 9.98. The van der Waals surface area contributed by atoms with Crippen LogP contribution < -0.4 is 5.73 Å². The zero-order valence-electron chi connectivity index (χ0n) is 11.5. The number of halogens is 3. The van der Waals surface area contributed by atoms with E-state index in [-0.39, 0.29) is 12.4 Å². The normalized spacial score (nSPS) is 23.4. The quantitative estimate of drug-likeness (QED) is 0.914. The summed E-state index contributed by atoms with van der Waals surface area (Å²) >= 11 is 12.3. The van der Waals surface area contributed by atoms with Crippen molar-refractivity contribution in [1.29, 1.82) is 0 Å². The molecule has 0 aliphatic carbocycles. The van der Waals surface area contributed by atoms with Gasteiger partial charge in [-0.05, 0) is 24.5 Å². The molecule has 0 aromatic heterocycles. The molecule has 3 nitrogen and oxygen atoms in total. The average molecular weight is 340 g/mol. The van der Waals surface area contributed by atoms with Gasteiger partial charge in [0, 0.05) is 32.8 Å². The number of ether oxygens (including phenoxy) is 1. The van der Waals surface area contributed by atoms with Crippen LogP contribution >= 0.6 is 35.6 Å². The molecule has 2 N–H and O–H groups in total. The maximum atomic E-state index is 6.24. The molecule has 0 spiro atoms. The van der Waals surface area contributed by atoms with E-state index in [4.69, 9.17) is 33.7 Å². The van der Waals surface area contributed by atoms with Crippen LogP contribution in [0.2, 0.25) is 10.0 Å². The number of methoxy groups -OCH3 is 1. The SMILES string of the molecule is COC1CCN(Cc2cccc(Cl)c2Cl)C(CN)C1.Cl. The Bertz CT molecular complexity index is 431. The van der Waals surface area contributed by atoms with Gasteiger partial charge < -0.3 is 10.5 Å². The third kappa shape index (κ3) is 4.23. The number of nitrogens with zero attached hydrogens (tertiary/aromatic N) is 1. The van der Waals surface area contributed by atoms with Crippen LogP contribution in [0.25, 0.3) is 0 Å². The fourth-order valence-electron chi connectivity index (χ4n) is 2.62. The van der Waals surface area contributed by atoms with Gasteiger partial charge in [-0.1, -0.05) is 35.3 Å². The molecule has 1 aliphatic heterocycles. The molecule has 1 fully saturated rings. The highest BCUT2D eigenvalue weighted by Gasteiger charge is 2.27. The minimum absolute atomic E-state index is 0. The van der Waals surface area contributed by atoms with E-state index in [9.17, 15) is 0 Å². The fourth-order valence-corrected chi connectivity index (χ4v) is 3.00. The van der Waals surface area contributed by atoms with Crippen molar-refractivity contribution in [3.05, 3.63) is 33.8 Å². The number of hydrogen-bond donors (Lipinski definition) is 1. The second-order valence-electron chi connectivity index (χ2n) is 4.96. The number of rotatable bonds is 4. The van der Waals surface area contributed by atoms with Gasteiger partial charge in [0.05, 0.1) is 16.1 Å². The maximum absolute atomic E-state index is 6.24. The summed E-state index contributed by atoms with van der Waals surface area (Å²) in [4.78, 5) is 2.37. The molecule has 0 amide bonds. The molecule has 2 atom stereocenters. The van der Waals surface area contributed by atoms with Crippen molar-refractivity contribution in [2.75, 3.05) is 20.2 Å². The van der Waals surface area contributed by atoms with Gasteiger partial charge in [0.25, 0.3) is 0 Å². The van der Waals surface area contributed by atoms with E-state index >= 15 is 0 Å². The zero-order chi connectivity index (χ0) is 13.8. The first-order valence-electron chi connectivity index (χ1n) is 6.55. The summed E-state index contributed by atoms with van der Waals surface area (Å²) in [6.45, 7) is 2.40. The summed E-state index contributed by atoms with van der Waals surface area (Å²) in [7, 11) is 1.77. The average Bonchev–Trinajstić information content (AvgIpc) is 2.44. The van der Waals surface area contributed by atoms with Crippen LogP contribution in [0.4, 0.5) is 0 Å².